The summed E-state index contributed by atoms with van der Waals surface area (Å²) in [6, 6.07) is 5.53. The molecule has 2 aromatic rings. The standard InChI is InChI=1S/C11H11N3O3/c1-17-11(16)10(15)12-5-7-2-3-8-9(4-7)14-6-13-8/h2-4,6H,5H2,1H3,(H,12,15)(H,13,14). The van der Waals surface area contributed by atoms with Crippen LogP contribution in [0.1, 0.15) is 5.56 Å². The van der Waals surface area contributed by atoms with Gasteiger partial charge in [0.1, 0.15) is 0 Å². The number of ether oxygens (including phenoxy) is 1. The number of hydrogen-bond acceptors (Lipinski definition) is 4. The Labute approximate surface area is 97.0 Å². The van der Waals surface area contributed by atoms with Gasteiger partial charge in [0.25, 0.3) is 0 Å². The molecule has 1 heterocycles. The number of imidazole rings is 1. The Bertz CT molecular complexity index is 562. The lowest BCUT2D eigenvalue weighted by Crippen LogP contribution is -2.31. The van der Waals surface area contributed by atoms with Crippen LogP contribution in [0.5, 0.6) is 0 Å². The van der Waals surface area contributed by atoms with E-state index in [1.54, 1.807) is 6.33 Å². The number of hydrogen-bond donors (Lipinski definition) is 2. The summed E-state index contributed by atoms with van der Waals surface area (Å²) in [6.07, 6.45) is 1.60. The first-order valence-electron chi connectivity index (χ1n) is 4.99. The monoisotopic (exact) mass is 233 g/mol. The van der Waals surface area contributed by atoms with E-state index in [0.717, 1.165) is 16.6 Å². The third-order valence-electron chi connectivity index (χ3n) is 2.31. The first kappa shape index (κ1) is 11.1. The number of benzene rings is 1. The maximum atomic E-state index is 11.2. The molecule has 0 unspecified atom stereocenters. The molecule has 0 bridgehead atoms. The average Bonchev–Trinajstić information content (AvgIpc) is 2.82. The second-order valence-corrected chi connectivity index (χ2v) is 3.43. The van der Waals surface area contributed by atoms with Gasteiger partial charge in [0, 0.05) is 6.54 Å². The summed E-state index contributed by atoms with van der Waals surface area (Å²) in [5.41, 5.74) is 2.61. The van der Waals surface area contributed by atoms with Gasteiger partial charge < -0.3 is 15.0 Å². The van der Waals surface area contributed by atoms with Gasteiger partial charge in [-0.15, -0.1) is 0 Å². The summed E-state index contributed by atoms with van der Waals surface area (Å²) in [6.45, 7) is 0.267. The number of esters is 1. The van der Waals surface area contributed by atoms with Gasteiger partial charge in [-0.05, 0) is 17.7 Å². The summed E-state index contributed by atoms with van der Waals surface area (Å²) in [4.78, 5) is 29.1. The van der Waals surface area contributed by atoms with Gasteiger partial charge in [0.05, 0.1) is 24.5 Å². The number of amides is 1. The number of H-pyrrole nitrogens is 1. The lowest BCUT2D eigenvalue weighted by atomic mass is 10.2. The summed E-state index contributed by atoms with van der Waals surface area (Å²) in [7, 11) is 1.17. The van der Waals surface area contributed by atoms with Crippen LogP contribution in [0.4, 0.5) is 0 Å². The van der Waals surface area contributed by atoms with Gasteiger partial charge in [0.2, 0.25) is 0 Å². The number of carbonyl (C=O) groups is 2. The van der Waals surface area contributed by atoms with Crippen LogP contribution in [0.25, 0.3) is 11.0 Å². The number of carbonyl (C=O) groups excluding carboxylic acids is 2. The van der Waals surface area contributed by atoms with Crippen LogP contribution < -0.4 is 5.32 Å². The van der Waals surface area contributed by atoms with Gasteiger partial charge >= 0.3 is 11.9 Å². The highest BCUT2D eigenvalue weighted by molar-refractivity contribution is 6.32. The van der Waals surface area contributed by atoms with Crippen LogP contribution >= 0.6 is 0 Å². The lowest BCUT2D eigenvalue weighted by molar-refractivity contribution is -0.152. The fourth-order valence-electron chi connectivity index (χ4n) is 1.44. The molecule has 0 saturated carbocycles. The second kappa shape index (κ2) is 4.65. The highest BCUT2D eigenvalue weighted by Crippen LogP contribution is 2.11. The van der Waals surface area contributed by atoms with Gasteiger partial charge in [-0.25, -0.2) is 9.78 Å². The summed E-state index contributed by atoms with van der Waals surface area (Å²) < 4.78 is 4.29. The van der Waals surface area contributed by atoms with Crippen molar-refractivity contribution in [2.75, 3.05) is 7.11 Å². The molecule has 1 aromatic carbocycles. The van der Waals surface area contributed by atoms with E-state index in [1.807, 2.05) is 18.2 Å². The Morgan fingerprint density at radius 2 is 2.29 bits per heavy atom. The molecule has 0 aliphatic carbocycles. The van der Waals surface area contributed by atoms with E-state index in [2.05, 4.69) is 20.0 Å². The lowest BCUT2D eigenvalue weighted by Gasteiger charge is -2.03. The van der Waals surface area contributed by atoms with E-state index < -0.39 is 11.9 Å². The number of rotatable bonds is 2. The zero-order chi connectivity index (χ0) is 12.3. The number of nitrogens with zero attached hydrogens (tertiary/aromatic N) is 1. The molecule has 0 radical (unpaired) electrons. The molecule has 2 rings (SSSR count). The van der Waals surface area contributed by atoms with Crippen molar-refractivity contribution >= 4 is 22.9 Å². The molecular formula is C11H11N3O3. The van der Waals surface area contributed by atoms with Crippen molar-refractivity contribution in [2.45, 2.75) is 6.54 Å². The zero-order valence-electron chi connectivity index (χ0n) is 9.19. The predicted molar refractivity (Wildman–Crippen MR) is 60.0 cm³/mol. The predicted octanol–water partition coefficient (Wildman–Crippen LogP) is 0.352. The molecule has 17 heavy (non-hydrogen) atoms. The minimum atomic E-state index is -0.896. The van der Waals surface area contributed by atoms with E-state index in [4.69, 9.17) is 0 Å². The molecule has 6 heteroatoms. The van der Waals surface area contributed by atoms with Crippen molar-refractivity contribution in [3.05, 3.63) is 30.1 Å². The minimum absolute atomic E-state index is 0.267. The van der Waals surface area contributed by atoms with E-state index in [-0.39, 0.29) is 6.54 Å². The smallest absolute Gasteiger partial charge is 0.396 e. The van der Waals surface area contributed by atoms with Crippen molar-refractivity contribution in [3.8, 4) is 0 Å². The molecule has 88 valence electrons. The van der Waals surface area contributed by atoms with Crippen molar-refractivity contribution in [2.24, 2.45) is 0 Å². The molecule has 0 spiro atoms. The highest BCUT2D eigenvalue weighted by Gasteiger charge is 2.12. The summed E-state index contributed by atoms with van der Waals surface area (Å²) in [5.74, 6) is -1.65. The number of aromatic nitrogens is 2. The number of aromatic amines is 1. The van der Waals surface area contributed by atoms with Gasteiger partial charge in [-0.2, -0.15) is 0 Å². The first-order chi connectivity index (χ1) is 8.20. The Morgan fingerprint density at radius 1 is 1.47 bits per heavy atom. The van der Waals surface area contributed by atoms with E-state index >= 15 is 0 Å². The molecule has 6 nitrogen and oxygen atoms in total. The van der Waals surface area contributed by atoms with Crippen LogP contribution in [-0.4, -0.2) is 29.0 Å². The molecule has 1 amide bonds. The third-order valence-corrected chi connectivity index (χ3v) is 2.31. The molecule has 0 aliphatic heterocycles. The average molecular weight is 233 g/mol. The number of fused-ring (bicyclic) bond motifs is 1. The highest BCUT2D eigenvalue weighted by atomic mass is 16.5. The van der Waals surface area contributed by atoms with Crippen LogP contribution in [0.2, 0.25) is 0 Å². The first-order valence-corrected chi connectivity index (χ1v) is 4.99. The second-order valence-electron chi connectivity index (χ2n) is 3.43. The molecule has 0 fully saturated rings. The molecule has 2 N–H and O–H groups in total. The molecule has 1 aromatic heterocycles. The van der Waals surface area contributed by atoms with Crippen LogP contribution in [0, 0.1) is 0 Å². The van der Waals surface area contributed by atoms with E-state index in [0.29, 0.717) is 0 Å². The number of nitrogens with one attached hydrogen (secondary N) is 2. The Morgan fingerprint density at radius 3 is 3.06 bits per heavy atom. The molecule has 0 aliphatic rings. The van der Waals surface area contributed by atoms with Crippen molar-refractivity contribution < 1.29 is 14.3 Å². The summed E-state index contributed by atoms with van der Waals surface area (Å²) >= 11 is 0. The summed E-state index contributed by atoms with van der Waals surface area (Å²) in [5, 5.41) is 2.46. The third kappa shape index (κ3) is 2.41. The molecular weight excluding hydrogens is 222 g/mol. The molecule has 0 saturated heterocycles. The normalized spacial score (nSPS) is 10.2. The van der Waals surface area contributed by atoms with Crippen molar-refractivity contribution in [3.63, 3.8) is 0 Å². The SMILES string of the molecule is COC(=O)C(=O)NCc1ccc2nc[nH]c2c1. The van der Waals surface area contributed by atoms with Crippen molar-refractivity contribution in [1.29, 1.82) is 0 Å². The van der Waals surface area contributed by atoms with E-state index in [9.17, 15) is 9.59 Å². The van der Waals surface area contributed by atoms with Gasteiger partial charge in [-0.3, -0.25) is 4.79 Å². The van der Waals surface area contributed by atoms with E-state index in [1.165, 1.54) is 7.11 Å². The van der Waals surface area contributed by atoms with Crippen molar-refractivity contribution in [1.82, 2.24) is 15.3 Å². The Kier molecular flexibility index (Phi) is 3.04. The number of methoxy groups -OCH3 is 1. The minimum Gasteiger partial charge on any atom is -0.462 e. The maximum absolute atomic E-state index is 11.2. The van der Waals surface area contributed by atoms with Gasteiger partial charge in [-0.1, -0.05) is 6.07 Å². The van der Waals surface area contributed by atoms with Crippen LogP contribution in [0.15, 0.2) is 24.5 Å². The zero-order valence-corrected chi connectivity index (χ0v) is 9.19. The Balaban J connectivity index is 2.03. The molecule has 0 atom stereocenters. The fourth-order valence-corrected chi connectivity index (χ4v) is 1.44. The van der Waals surface area contributed by atoms with Gasteiger partial charge in [0.15, 0.2) is 0 Å². The fraction of sp³-hybridized carbons (Fsp3) is 0.182. The van der Waals surface area contributed by atoms with Crippen LogP contribution in [0.3, 0.4) is 0 Å². The quantitative estimate of drug-likeness (QED) is 0.579. The topological polar surface area (TPSA) is 84.1 Å². The van der Waals surface area contributed by atoms with Crippen LogP contribution in [-0.2, 0) is 20.9 Å². The maximum Gasteiger partial charge on any atom is 0.396 e. The Hall–Kier alpha value is -2.37. The largest absolute Gasteiger partial charge is 0.462 e.